The first-order valence-corrected chi connectivity index (χ1v) is 7.77. The molecule has 0 saturated heterocycles. The van der Waals surface area contributed by atoms with Gasteiger partial charge in [0.1, 0.15) is 5.75 Å². The number of ether oxygens (including phenoxy) is 1. The number of rotatable bonds is 8. The van der Waals surface area contributed by atoms with Crippen molar-refractivity contribution in [2.24, 2.45) is 11.1 Å². The zero-order chi connectivity index (χ0) is 15.1. The maximum atomic E-state index is 12.2. The molecule has 0 heterocycles. The van der Waals surface area contributed by atoms with Crippen LogP contribution in [0.1, 0.15) is 32.1 Å². The molecule has 21 heavy (non-hydrogen) atoms. The summed E-state index contributed by atoms with van der Waals surface area (Å²) < 4.78 is 5.63. The number of nitrogens with two attached hydrogens (primary N) is 1. The van der Waals surface area contributed by atoms with Crippen molar-refractivity contribution >= 4 is 5.91 Å². The molecule has 0 bridgehead atoms. The van der Waals surface area contributed by atoms with E-state index in [2.05, 4.69) is 0 Å². The molecule has 1 aliphatic rings. The average molecular weight is 290 g/mol. The van der Waals surface area contributed by atoms with Gasteiger partial charge in [-0.05, 0) is 43.4 Å². The fourth-order valence-corrected chi connectivity index (χ4v) is 2.72. The van der Waals surface area contributed by atoms with E-state index in [4.69, 9.17) is 10.5 Å². The Balaban J connectivity index is 1.64. The molecule has 2 N–H and O–H groups in total. The summed E-state index contributed by atoms with van der Waals surface area (Å²) in [4.78, 5) is 14.0. The number of carbonyl (C=O) groups excluding carboxylic acids is 1. The van der Waals surface area contributed by atoms with Crippen LogP contribution in [0.2, 0.25) is 0 Å². The van der Waals surface area contributed by atoms with Crippen molar-refractivity contribution in [2.45, 2.75) is 32.1 Å². The fraction of sp³-hybridized carbons (Fsp3) is 0.588. The van der Waals surface area contributed by atoms with Gasteiger partial charge < -0.3 is 15.4 Å². The molecule has 1 aromatic carbocycles. The number of amides is 1. The summed E-state index contributed by atoms with van der Waals surface area (Å²) >= 11 is 0. The third-order valence-electron chi connectivity index (χ3n) is 4.45. The molecule has 0 spiro atoms. The first kappa shape index (κ1) is 15.8. The number of nitrogens with zero attached hydrogens (tertiary/aromatic N) is 1. The number of carbonyl (C=O) groups is 1. The molecule has 1 amide bonds. The molecule has 0 aromatic heterocycles. The molecule has 4 nitrogen and oxygen atoms in total. The normalized spacial score (nSPS) is 16.1. The Morgan fingerprint density at radius 1 is 1.33 bits per heavy atom. The number of benzene rings is 1. The quantitative estimate of drug-likeness (QED) is 0.748. The standard InChI is InChI=1S/C17H26N2O2/c1-19(16(20)13-17(14-18)9-5-10-17)11-6-12-21-15-7-3-2-4-8-15/h2-4,7-8H,5-6,9-14,18H2,1H3. The summed E-state index contributed by atoms with van der Waals surface area (Å²) in [7, 11) is 1.87. The lowest BCUT2D eigenvalue weighted by molar-refractivity contribution is -0.133. The van der Waals surface area contributed by atoms with Crippen LogP contribution in [-0.4, -0.2) is 37.6 Å². The lowest BCUT2D eigenvalue weighted by atomic mass is 9.66. The van der Waals surface area contributed by atoms with Crippen molar-refractivity contribution in [3.8, 4) is 5.75 Å². The second-order valence-electron chi connectivity index (χ2n) is 6.06. The molecule has 1 saturated carbocycles. The predicted octanol–water partition coefficient (Wildman–Crippen LogP) is 2.43. The Bertz CT molecular complexity index is 438. The van der Waals surface area contributed by atoms with E-state index in [0.717, 1.165) is 31.6 Å². The van der Waals surface area contributed by atoms with Gasteiger partial charge in [0.15, 0.2) is 0 Å². The zero-order valence-corrected chi connectivity index (χ0v) is 12.9. The predicted molar refractivity (Wildman–Crippen MR) is 84.1 cm³/mol. The van der Waals surface area contributed by atoms with E-state index in [-0.39, 0.29) is 11.3 Å². The van der Waals surface area contributed by atoms with Crippen molar-refractivity contribution < 1.29 is 9.53 Å². The van der Waals surface area contributed by atoms with Crippen LogP contribution in [-0.2, 0) is 4.79 Å². The Hall–Kier alpha value is -1.55. The summed E-state index contributed by atoms with van der Waals surface area (Å²) in [6.07, 6.45) is 4.84. The molecular formula is C17H26N2O2. The maximum absolute atomic E-state index is 12.2. The monoisotopic (exact) mass is 290 g/mol. The van der Waals surface area contributed by atoms with Crippen LogP contribution in [0.25, 0.3) is 0 Å². The molecule has 1 aliphatic carbocycles. The van der Waals surface area contributed by atoms with Gasteiger partial charge in [-0.25, -0.2) is 0 Å². The third kappa shape index (κ3) is 4.46. The number of hydrogen-bond donors (Lipinski definition) is 1. The first-order chi connectivity index (χ1) is 10.2. The van der Waals surface area contributed by atoms with Gasteiger partial charge in [-0.3, -0.25) is 4.79 Å². The van der Waals surface area contributed by atoms with Crippen molar-refractivity contribution in [1.29, 1.82) is 0 Å². The van der Waals surface area contributed by atoms with Crippen molar-refractivity contribution in [3.63, 3.8) is 0 Å². The summed E-state index contributed by atoms with van der Waals surface area (Å²) in [6, 6.07) is 9.76. The van der Waals surface area contributed by atoms with Crippen LogP contribution in [0.5, 0.6) is 5.75 Å². The SMILES string of the molecule is CN(CCCOc1ccccc1)C(=O)CC1(CN)CCC1. The summed E-state index contributed by atoms with van der Waals surface area (Å²) in [5.41, 5.74) is 5.90. The van der Waals surface area contributed by atoms with E-state index < -0.39 is 0 Å². The smallest absolute Gasteiger partial charge is 0.222 e. The molecule has 0 aliphatic heterocycles. The fourth-order valence-electron chi connectivity index (χ4n) is 2.72. The highest BCUT2D eigenvalue weighted by atomic mass is 16.5. The van der Waals surface area contributed by atoms with Crippen LogP contribution in [0, 0.1) is 5.41 Å². The molecule has 2 rings (SSSR count). The largest absolute Gasteiger partial charge is 0.494 e. The Morgan fingerprint density at radius 2 is 2.05 bits per heavy atom. The zero-order valence-electron chi connectivity index (χ0n) is 12.9. The van der Waals surface area contributed by atoms with Gasteiger partial charge in [0.25, 0.3) is 0 Å². The van der Waals surface area contributed by atoms with Gasteiger partial charge in [0, 0.05) is 20.0 Å². The molecule has 0 radical (unpaired) electrons. The highest BCUT2D eigenvalue weighted by Gasteiger charge is 2.38. The minimum Gasteiger partial charge on any atom is -0.494 e. The second kappa shape index (κ2) is 7.46. The van der Waals surface area contributed by atoms with Gasteiger partial charge in [-0.1, -0.05) is 24.6 Å². The highest BCUT2D eigenvalue weighted by molar-refractivity contribution is 5.76. The van der Waals surface area contributed by atoms with Gasteiger partial charge in [0.05, 0.1) is 6.61 Å². The van der Waals surface area contributed by atoms with Crippen molar-refractivity contribution in [2.75, 3.05) is 26.7 Å². The third-order valence-corrected chi connectivity index (χ3v) is 4.45. The van der Waals surface area contributed by atoms with Crippen LogP contribution in [0.4, 0.5) is 0 Å². The van der Waals surface area contributed by atoms with E-state index in [1.165, 1.54) is 6.42 Å². The van der Waals surface area contributed by atoms with Gasteiger partial charge in [0.2, 0.25) is 5.91 Å². The highest BCUT2D eigenvalue weighted by Crippen LogP contribution is 2.43. The molecular weight excluding hydrogens is 264 g/mol. The van der Waals surface area contributed by atoms with E-state index in [9.17, 15) is 4.79 Å². The molecule has 1 fully saturated rings. The lowest BCUT2D eigenvalue weighted by Crippen LogP contribution is -2.42. The number of hydrogen-bond acceptors (Lipinski definition) is 3. The Morgan fingerprint density at radius 3 is 2.62 bits per heavy atom. The van der Waals surface area contributed by atoms with Crippen LogP contribution >= 0.6 is 0 Å². The Labute approximate surface area is 127 Å². The number of para-hydroxylation sites is 1. The van der Waals surface area contributed by atoms with Gasteiger partial charge in [-0.2, -0.15) is 0 Å². The first-order valence-electron chi connectivity index (χ1n) is 7.77. The Kier molecular flexibility index (Phi) is 5.62. The van der Waals surface area contributed by atoms with Gasteiger partial charge in [-0.15, -0.1) is 0 Å². The second-order valence-corrected chi connectivity index (χ2v) is 6.06. The molecule has 0 unspecified atom stereocenters. The summed E-state index contributed by atoms with van der Waals surface area (Å²) in [6.45, 7) is 1.99. The van der Waals surface area contributed by atoms with Crippen LogP contribution < -0.4 is 10.5 Å². The minimum absolute atomic E-state index is 0.0892. The maximum Gasteiger partial charge on any atom is 0.222 e. The van der Waals surface area contributed by atoms with E-state index in [1.807, 2.05) is 42.3 Å². The molecule has 1 aromatic rings. The van der Waals surface area contributed by atoms with E-state index >= 15 is 0 Å². The van der Waals surface area contributed by atoms with Gasteiger partial charge >= 0.3 is 0 Å². The van der Waals surface area contributed by atoms with Crippen molar-refractivity contribution in [1.82, 2.24) is 4.90 Å². The molecule has 116 valence electrons. The minimum atomic E-state index is 0.0892. The summed E-state index contributed by atoms with van der Waals surface area (Å²) in [5, 5.41) is 0. The van der Waals surface area contributed by atoms with Crippen LogP contribution in [0.3, 0.4) is 0 Å². The van der Waals surface area contributed by atoms with Crippen molar-refractivity contribution in [3.05, 3.63) is 30.3 Å². The lowest BCUT2D eigenvalue weighted by Gasteiger charge is -2.41. The van der Waals surface area contributed by atoms with E-state index in [1.54, 1.807) is 0 Å². The summed E-state index contributed by atoms with van der Waals surface area (Å²) in [5.74, 6) is 1.09. The van der Waals surface area contributed by atoms with E-state index in [0.29, 0.717) is 19.6 Å². The topological polar surface area (TPSA) is 55.6 Å². The average Bonchev–Trinajstić information content (AvgIpc) is 2.48. The molecule has 0 atom stereocenters. The van der Waals surface area contributed by atoms with Crippen LogP contribution in [0.15, 0.2) is 30.3 Å². The molecule has 4 heteroatoms.